The van der Waals surface area contributed by atoms with E-state index in [1.807, 2.05) is 52.8 Å². The predicted molar refractivity (Wildman–Crippen MR) is 122 cm³/mol. The molecular weight excluding hydrogens is 392 g/mol. The molecule has 0 amide bonds. The summed E-state index contributed by atoms with van der Waals surface area (Å²) in [5, 5.41) is 7.94. The summed E-state index contributed by atoms with van der Waals surface area (Å²) in [5.74, 6) is 0.754. The Kier molecular flexibility index (Phi) is 4.69. The van der Waals surface area contributed by atoms with E-state index in [1.54, 1.807) is 6.26 Å². The molecule has 5 aromatic rings. The number of thiazole rings is 1. The minimum absolute atomic E-state index is 0.754. The summed E-state index contributed by atoms with van der Waals surface area (Å²) in [6.45, 7) is 4.16. The smallest absolute Gasteiger partial charge is 0.211 e. The molecule has 0 saturated heterocycles. The number of nitrogens with zero attached hydrogens (tertiary/aromatic N) is 3. The van der Waals surface area contributed by atoms with E-state index >= 15 is 0 Å². The van der Waals surface area contributed by atoms with Crippen LogP contribution in [-0.2, 0) is 0 Å². The van der Waals surface area contributed by atoms with Crippen molar-refractivity contribution in [1.82, 2.24) is 9.66 Å². The average molecular weight is 413 g/mol. The van der Waals surface area contributed by atoms with Crippen LogP contribution in [0.4, 0.5) is 5.69 Å². The lowest BCUT2D eigenvalue weighted by molar-refractivity contribution is 0.575. The van der Waals surface area contributed by atoms with Gasteiger partial charge in [-0.2, -0.15) is 5.10 Å². The van der Waals surface area contributed by atoms with Crippen LogP contribution in [0, 0.1) is 13.8 Å². The zero-order valence-corrected chi connectivity index (χ0v) is 17.5. The van der Waals surface area contributed by atoms with Crippen molar-refractivity contribution >= 4 is 34.1 Å². The maximum atomic E-state index is 5.63. The fourth-order valence-corrected chi connectivity index (χ4v) is 4.27. The van der Waals surface area contributed by atoms with Gasteiger partial charge in [0, 0.05) is 28.0 Å². The lowest BCUT2D eigenvalue weighted by atomic mass is 10.1. The molecule has 1 N–H and O–H groups in total. The maximum Gasteiger partial charge on any atom is 0.211 e. The molecule has 3 aromatic heterocycles. The van der Waals surface area contributed by atoms with E-state index < -0.39 is 0 Å². The highest BCUT2D eigenvalue weighted by atomic mass is 32.1. The molecule has 5 nitrogen and oxygen atoms in total. The molecule has 0 fully saturated rings. The fourth-order valence-electron chi connectivity index (χ4n) is 3.44. The summed E-state index contributed by atoms with van der Waals surface area (Å²) in [6, 6.07) is 18.3. The molecule has 0 spiro atoms. The van der Waals surface area contributed by atoms with Crippen LogP contribution in [0.15, 0.2) is 86.9 Å². The number of benzene rings is 2. The Hall–Kier alpha value is -3.64. The normalized spacial score (nSPS) is 12.4. The number of aromatic nitrogens is 2. The van der Waals surface area contributed by atoms with Crippen LogP contribution in [0.1, 0.15) is 16.7 Å². The second-order valence-corrected chi connectivity index (χ2v) is 7.97. The Morgan fingerprint density at radius 2 is 1.97 bits per heavy atom. The first-order valence-electron chi connectivity index (χ1n) is 9.66. The number of hydrogen-bond acceptors (Lipinski definition) is 4. The van der Waals surface area contributed by atoms with Crippen molar-refractivity contribution < 1.29 is 4.42 Å². The van der Waals surface area contributed by atoms with Gasteiger partial charge >= 0.3 is 0 Å². The van der Waals surface area contributed by atoms with Gasteiger partial charge in [0.1, 0.15) is 5.69 Å². The van der Waals surface area contributed by atoms with Crippen LogP contribution in [0.5, 0.6) is 0 Å². The van der Waals surface area contributed by atoms with Crippen LogP contribution < -0.4 is 4.80 Å². The monoisotopic (exact) mass is 412 g/mol. The summed E-state index contributed by atoms with van der Waals surface area (Å²) in [6.07, 6.45) is 5.50. The van der Waals surface area contributed by atoms with Crippen LogP contribution in [0.2, 0.25) is 0 Å². The molecule has 5 rings (SSSR count). The number of rotatable bonds is 4. The molecule has 0 bridgehead atoms. The number of H-pyrrole nitrogens is 1. The quantitative estimate of drug-likeness (QED) is 0.360. The van der Waals surface area contributed by atoms with E-state index in [4.69, 9.17) is 14.5 Å². The van der Waals surface area contributed by atoms with Crippen molar-refractivity contribution in [2.75, 3.05) is 0 Å². The molecule has 148 valence electrons. The Morgan fingerprint density at radius 3 is 2.80 bits per heavy atom. The molecule has 0 aliphatic carbocycles. The molecule has 6 heteroatoms. The first-order valence-corrected chi connectivity index (χ1v) is 10.5. The average Bonchev–Trinajstić information content (AvgIpc) is 3.48. The van der Waals surface area contributed by atoms with Crippen LogP contribution in [0.3, 0.4) is 0 Å². The number of hydrogen-bond donors (Lipinski definition) is 1. The Morgan fingerprint density at radius 1 is 1.07 bits per heavy atom. The van der Waals surface area contributed by atoms with E-state index in [0.29, 0.717) is 0 Å². The van der Waals surface area contributed by atoms with Crippen molar-refractivity contribution in [2.24, 2.45) is 10.1 Å². The zero-order valence-electron chi connectivity index (χ0n) is 16.7. The van der Waals surface area contributed by atoms with Gasteiger partial charge < -0.3 is 9.40 Å². The Labute approximate surface area is 177 Å². The van der Waals surface area contributed by atoms with Gasteiger partial charge in [-0.3, -0.25) is 0 Å². The van der Waals surface area contributed by atoms with Gasteiger partial charge in [-0.1, -0.05) is 35.9 Å². The lowest BCUT2D eigenvalue weighted by Crippen LogP contribution is -2.11. The minimum atomic E-state index is 0.754. The molecule has 0 saturated carbocycles. The van der Waals surface area contributed by atoms with Gasteiger partial charge in [0.2, 0.25) is 4.80 Å². The minimum Gasteiger partial charge on any atom is -0.463 e. The Bertz CT molecular complexity index is 1420. The highest BCUT2D eigenvalue weighted by molar-refractivity contribution is 7.07. The Balaban J connectivity index is 1.65. The van der Waals surface area contributed by atoms with Crippen molar-refractivity contribution in [2.45, 2.75) is 13.8 Å². The molecular formula is C24H20N4OS. The number of aryl methyl sites for hydroxylation is 2. The predicted octanol–water partition coefficient (Wildman–Crippen LogP) is 6.02. The van der Waals surface area contributed by atoms with Crippen LogP contribution in [0.25, 0.3) is 22.4 Å². The third kappa shape index (κ3) is 3.42. The van der Waals surface area contributed by atoms with Crippen molar-refractivity contribution in [3.63, 3.8) is 0 Å². The van der Waals surface area contributed by atoms with E-state index in [2.05, 4.69) is 43.1 Å². The molecule has 3 heterocycles. The first-order chi connectivity index (χ1) is 14.7. The molecule has 30 heavy (non-hydrogen) atoms. The molecule has 0 unspecified atom stereocenters. The van der Waals surface area contributed by atoms with E-state index in [-0.39, 0.29) is 0 Å². The number of furan rings is 1. The summed E-state index contributed by atoms with van der Waals surface area (Å²) in [4.78, 5) is 8.96. The number of fused-ring (bicyclic) bond motifs is 1. The largest absolute Gasteiger partial charge is 0.463 e. The summed E-state index contributed by atoms with van der Waals surface area (Å²) in [7, 11) is 0. The second-order valence-electron chi connectivity index (χ2n) is 7.13. The zero-order chi connectivity index (χ0) is 20.5. The second kappa shape index (κ2) is 7.65. The standard InChI is InChI=1S/C24H20N4OS/c1-16-9-10-20(17(2)12-16)27-24-28(22(15-30-24)23-8-5-11-29-23)26-14-18-13-25-21-7-4-3-6-19(18)21/h3-15,25H,1-2H3. The molecule has 0 atom stereocenters. The van der Waals surface area contributed by atoms with Gasteiger partial charge in [-0.25, -0.2) is 9.67 Å². The first kappa shape index (κ1) is 18.4. The molecule has 0 aliphatic heterocycles. The summed E-state index contributed by atoms with van der Waals surface area (Å²) in [5.41, 5.74) is 6.26. The summed E-state index contributed by atoms with van der Waals surface area (Å²) < 4.78 is 7.47. The van der Waals surface area contributed by atoms with E-state index in [9.17, 15) is 0 Å². The highest BCUT2D eigenvalue weighted by Gasteiger charge is 2.11. The van der Waals surface area contributed by atoms with Gasteiger partial charge in [-0.05, 0) is 43.7 Å². The van der Waals surface area contributed by atoms with Gasteiger partial charge in [0.15, 0.2) is 5.76 Å². The van der Waals surface area contributed by atoms with Crippen molar-refractivity contribution in [3.8, 4) is 11.5 Å². The number of para-hydroxylation sites is 1. The molecule has 0 aliphatic rings. The van der Waals surface area contributed by atoms with Gasteiger partial charge in [0.25, 0.3) is 0 Å². The molecule has 2 aromatic carbocycles. The highest BCUT2D eigenvalue weighted by Crippen LogP contribution is 2.23. The van der Waals surface area contributed by atoms with Gasteiger partial charge in [-0.15, -0.1) is 11.3 Å². The van der Waals surface area contributed by atoms with Crippen molar-refractivity contribution in [1.29, 1.82) is 0 Å². The van der Waals surface area contributed by atoms with Crippen molar-refractivity contribution in [3.05, 3.63) is 93.9 Å². The van der Waals surface area contributed by atoms with Crippen LogP contribution >= 0.6 is 11.3 Å². The third-order valence-corrected chi connectivity index (χ3v) is 5.78. The number of aromatic amines is 1. The maximum absolute atomic E-state index is 5.63. The summed E-state index contributed by atoms with van der Waals surface area (Å²) >= 11 is 1.54. The van der Waals surface area contributed by atoms with E-state index in [0.717, 1.165) is 44.0 Å². The number of nitrogens with one attached hydrogen (secondary N) is 1. The van der Waals surface area contributed by atoms with Crippen LogP contribution in [-0.4, -0.2) is 15.9 Å². The topological polar surface area (TPSA) is 58.6 Å². The molecule has 0 radical (unpaired) electrons. The van der Waals surface area contributed by atoms with E-state index in [1.165, 1.54) is 16.9 Å². The third-order valence-electron chi connectivity index (χ3n) is 4.96. The fraction of sp³-hybridized carbons (Fsp3) is 0.0833. The van der Waals surface area contributed by atoms with Gasteiger partial charge in [0.05, 0.1) is 18.2 Å². The lowest BCUT2D eigenvalue weighted by Gasteiger charge is -2.03. The SMILES string of the molecule is Cc1ccc(N=c2scc(-c3ccco3)n2N=Cc2c[nH]c3ccccc23)c(C)c1.